The quantitative estimate of drug-likeness (QED) is 0.592. The maximum absolute atomic E-state index is 12.6. The van der Waals surface area contributed by atoms with Crippen LogP contribution in [0.4, 0.5) is 0 Å². The second kappa shape index (κ2) is 5.21. The average Bonchev–Trinajstić information content (AvgIpc) is 2.93. The molecule has 0 saturated carbocycles. The van der Waals surface area contributed by atoms with Crippen molar-refractivity contribution >= 4 is 16.9 Å². The number of piperidine rings is 3. The number of para-hydroxylation sites is 1. The van der Waals surface area contributed by atoms with Gasteiger partial charge in [-0.3, -0.25) is 9.69 Å². The first kappa shape index (κ1) is 15.2. The molecule has 6 rings (SSSR count). The van der Waals surface area contributed by atoms with Crippen LogP contribution in [0, 0.1) is 11.8 Å². The van der Waals surface area contributed by atoms with Crippen LogP contribution >= 0.6 is 0 Å². The first-order chi connectivity index (χ1) is 12.2. The molecule has 0 amide bonds. The predicted molar refractivity (Wildman–Crippen MR) is 97.2 cm³/mol. The molecule has 130 valence electrons. The van der Waals surface area contributed by atoms with E-state index in [1.807, 2.05) is 0 Å². The largest absolute Gasteiger partial charge is 0.469 e. The summed E-state index contributed by atoms with van der Waals surface area (Å²) in [6.07, 6.45) is 4.18. The van der Waals surface area contributed by atoms with Gasteiger partial charge in [0.1, 0.15) is 0 Å². The first-order valence-corrected chi connectivity index (χ1v) is 9.20. The van der Waals surface area contributed by atoms with Crippen LogP contribution in [0.3, 0.4) is 0 Å². The molecule has 3 saturated heterocycles. The van der Waals surface area contributed by atoms with Crippen LogP contribution in [0.5, 0.6) is 0 Å². The topological polar surface area (TPSA) is 34.5 Å². The Balaban J connectivity index is 1.71. The average molecular weight is 336 g/mol. The molecule has 0 radical (unpaired) electrons. The van der Waals surface area contributed by atoms with Gasteiger partial charge in [-0.25, -0.2) is 0 Å². The number of fused-ring (bicyclic) bond motifs is 4. The van der Waals surface area contributed by atoms with Crippen molar-refractivity contribution in [3.05, 3.63) is 47.2 Å². The summed E-state index contributed by atoms with van der Waals surface area (Å²) in [5, 5.41) is 1.35. The van der Waals surface area contributed by atoms with Crippen LogP contribution in [-0.2, 0) is 23.0 Å². The van der Waals surface area contributed by atoms with Crippen molar-refractivity contribution in [2.45, 2.75) is 31.8 Å². The van der Waals surface area contributed by atoms with Crippen molar-refractivity contribution in [1.82, 2.24) is 9.47 Å². The number of esters is 1. The maximum atomic E-state index is 12.6. The fraction of sp³-hybridized carbons (Fsp3) is 0.476. The molecule has 4 bridgehead atoms. The van der Waals surface area contributed by atoms with Gasteiger partial charge >= 0.3 is 5.97 Å². The van der Waals surface area contributed by atoms with E-state index in [1.165, 1.54) is 34.8 Å². The molecule has 0 N–H and O–H groups in total. The van der Waals surface area contributed by atoms with Crippen molar-refractivity contribution in [2.24, 2.45) is 18.9 Å². The van der Waals surface area contributed by atoms with Crippen LogP contribution in [-0.4, -0.2) is 35.1 Å². The molecule has 4 aliphatic heterocycles. The van der Waals surface area contributed by atoms with Crippen molar-refractivity contribution in [3.63, 3.8) is 0 Å². The molecule has 4 heteroatoms. The van der Waals surface area contributed by atoms with E-state index in [-0.39, 0.29) is 17.9 Å². The highest BCUT2D eigenvalue weighted by Crippen LogP contribution is 2.54. The number of hydrogen-bond acceptors (Lipinski definition) is 3. The van der Waals surface area contributed by atoms with Crippen LogP contribution < -0.4 is 0 Å². The Bertz CT molecular complexity index is 910. The van der Waals surface area contributed by atoms with Crippen LogP contribution in [0.1, 0.15) is 30.6 Å². The minimum Gasteiger partial charge on any atom is -0.469 e. The molecule has 1 aromatic heterocycles. The molecular formula is C21H24N2O2. The molecule has 25 heavy (non-hydrogen) atoms. The Labute approximate surface area is 148 Å². The molecule has 3 fully saturated rings. The summed E-state index contributed by atoms with van der Waals surface area (Å²) in [7, 11) is 3.72. The van der Waals surface area contributed by atoms with Crippen LogP contribution in [0.25, 0.3) is 10.9 Å². The van der Waals surface area contributed by atoms with Gasteiger partial charge in [-0.1, -0.05) is 29.8 Å². The zero-order valence-corrected chi connectivity index (χ0v) is 15.0. The number of carbonyl (C=O) groups excluding carboxylic acids is 1. The van der Waals surface area contributed by atoms with E-state index < -0.39 is 0 Å². The molecule has 5 heterocycles. The SMILES string of the molecule is CC=C1CN2C3CC1C(C(=O)OC)C2Cc1c3n(C)c2ccccc12. The number of benzene rings is 1. The van der Waals surface area contributed by atoms with E-state index in [0.29, 0.717) is 12.0 Å². The van der Waals surface area contributed by atoms with Gasteiger partial charge in [0, 0.05) is 36.2 Å². The van der Waals surface area contributed by atoms with Crippen LogP contribution in [0.2, 0.25) is 0 Å². The molecule has 0 aliphatic carbocycles. The van der Waals surface area contributed by atoms with Gasteiger partial charge in [-0.15, -0.1) is 0 Å². The lowest BCUT2D eigenvalue weighted by Gasteiger charge is -2.57. The lowest BCUT2D eigenvalue weighted by Crippen LogP contribution is -2.62. The van der Waals surface area contributed by atoms with Crippen molar-refractivity contribution < 1.29 is 9.53 Å². The Kier molecular flexibility index (Phi) is 3.17. The summed E-state index contributed by atoms with van der Waals surface area (Å²) >= 11 is 0. The Morgan fingerprint density at radius 3 is 2.88 bits per heavy atom. The van der Waals surface area contributed by atoms with Gasteiger partial charge < -0.3 is 9.30 Å². The number of aryl methyl sites for hydroxylation is 1. The lowest BCUT2D eigenvalue weighted by atomic mass is 9.64. The third-order valence-electron chi connectivity index (χ3n) is 6.83. The lowest BCUT2D eigenvalue weighted by molar-refractivity contribution is -0.157. The summed E-state index contributed by atoms with van der Waals surface area (Å²) in [5.74, 6) is 0.248. The summed E-state index contributed by atoms with van der Waals surface area (Å²) in [4.78, 5) is 15.2. The van der Waals surface area contributed by atoms with Gasteiger partial charge in [-0.2, -0.15) is 0 Å². The van der Waals surface area contributed by atoms with E-state index in [2.05, 4.69) is 53.8 Å². The number of aromatic nitrogens is 1. The third-order valence-corrected chi connectivity index (χ3v) is 6.83. The number of rotatable bonds is 1. The van der Waals surface area contributed by atoms with E-state index in [0.717, 1.165) is 19.4 Å². The summed E-state index contributed by atoms with van der Waals surface area (Å²) in [6.45, 7) is 3.09. The molecule has 4 aliphatic rings. The highest BCUT2D eigenvalue weighted by atomic mass is 16.5. The standard InChI is InChI=1S/C21H24N2O2/c1-4-12-11-23-17-10-15-13-7-5-6-8-16(13)22(2)20(15)18(23)9-14(12)19(17)21(24)25-3/h4-8,14,17-19H,9-11H2,1-3H3. The number of methoxy groups -OCH3 is 1. The van der Waals surface area contributed by atoms with Gasteiger partial charge in [0.25, 0.3) is 0 Å². The van der Waals surface area contributed by atoms with Crippen molar-refractivity contribution in [2.75, 3.05) is 13.7 Å². The summed E-state index contributed by atoms with van der Waals surface area (Å²) in [5.41, 5.74) is 5.62. The smallest absolute Gasteiger partial charge is 0.310 e. The number of ether oxygens (including phenoxy) is 1. The monoisotopic (exact) mass is 336 g/mol. The number of carbonyl (C=O) groups is 1. The van der Waals surface area contributed by atoms with Crippen LogP contribution in [0.15, 0.2) is 35.9 Å². The second-order valence-corrected chi connectivity index (χ2v) is 7.65. The summed E-state index contributed by atoms with van der Waals surface area (Å²) < 4.78 is 7.59. The van der Waals surface area contributed by atoms with E-state index >= 15 is 0 Å². The van der Waals surface area contributed by atoms with E-state index in [4.69, 9.17) is 4.74 Å². The molecule has 2 aromatic rings. The second-order valence-electron chi connectivity index (χ2n) is 7.65. The van der Waals surface area contributed by atoms with Crippen molar-refractivity contribution in [3.8, 4) is 0 Å². The minimum atomic E-state index is -0.0406. The van der Waals surface area contributed by atoms with E-state index in [1.54, 1.807) is 0 Å². The Morgan fingerprint density at radius 2 is 2.12 bits per heavy atom. The first-order valence-electron chi connectivity index (χ1n) is 9.20. The Hall–Kier alpha value is -2.07. The highest BCUT2D eigenvalue weighted by Gasteiger charge is 2.55. The van der Waals surface area contributed by atoms with Gasteiger partial charge in [0.15, 0.2) is 0 Å². The Morgan fingerprint density at radius 1 is 1.32 bits per heavy atom. The third kappa shape index (κ3) is 1.83. The highest BCUT2D eigenvalue weighted by molar-refractivity contribution is 5.86. The molecule has 5 unspecified atom stereocenters. The molecular weight excluding hydrogens is 312 g/mol. The molecule has 0 spiro atoms. The van der Waals surface area contributed by atoms with Gasteiger partial charge in [0.2, 0.25) is 0 Å². The van der Waals surface area contributed by atoms with Crippen molar-refractivity contribution in [1.29, 1.82) is 0 Å². The molecule has 5 atom stereocenters. The predicted octanol–water partition coefficient (Wildman–Crippen LogP) is 3.22. The fourth-order valence-electron chi connectivity index (χ4n) is 5.78. The fourth-order valence-corrected chi connectivity index (χ4v) is 5.78. The van der Waals surface area contributed by atoms with Gasteiger partial charge in [-0.05, 0) is 37.3 Å². The maximum Gasteiger partial charge on any atom is 0.310 e. The number of nitrogens with zero attached hydrogens (tertiary/aromatic N) is 2. The number of hydrogen-bond donors (Lipinski definition) is 0. The minimum absolute atomic E-state index is 0.0340. The van der Waals surface area contributed by atoms with Gasteiger partial charge in [0.05, 0.1) is 19.1 Å². The number of allylic oxidation sites excluding steroid dienone is 1. The normalized spacial score (nSPS) is 34.4. The molecule has 4 nitrogen and oxygen atoms in total. The zero-order valence-electron chi connectivity index (χ0n) is 15.0. The zero-order chi connectivity index (χ0) is 17.3. The summed E-state index contributed by atoms with van der Waals surface area (Å²) in [6, 6.07) is 9.35. The van der Waals surface area contributed by atoms with E-state index in [9.17, 15) is 4.79 Å². The molecule has 1 aromatic carbocycles.